The van der Waals surface area contributed by atoms with Gasteiger partial charge in [0.05, 0.1) is 6.61 Å². The molecule has 6 heteroatoms. The lowest BCUT2D eigenvalue weighted by Crippen LogP contribution is -2.42. The van der Waals surface area contributed by atoms with Crippen molar-refractivity contribution in [1.82, 2.24) is 0 Å². The summed E-state index contributed by atoms with van der Waals surface area (Å²) in [6.45, 7) is 0.750. The highest BCUT2D eigenvalue weighted by Crippen LogP contribution is 2.02. The highest BCUT2D eigenvalue weighted by molar-refractivity contribution is 5.69. The summed E-state index contributed by atoms with van der Waals surface area (Å²) in [4.78, 5) is 10.9. The molecule has 0 aliphatic carbocycles. The minimum atomic E-state index is -1.52. The lowest BCUT2D eigenvalue weighted by Gasteiger charge is -2.21. The minimum Gasteiger partial charge on any atom is -0.463 e. The largest absolute Gasteiger partial charge is 0.463 e. The molecule has 0 saturated heterocycles. The molecular formula is C9H18O6. The van der Waals surface area contributed by atoms with Crippen LogP contribution in [0, 0.1) is 0 Å². The van der Waals surface area contributed by atoms with Gasteiger partial charge in [0.25, 0.3) is 0 Å². The fourth-order valence-corrected chi connectivity index (χ4v) is 0.918. The van der Waals surface area contributed by atoms with Crippen LogP contribution in [0.2, 0.25) is 0 Å². The van der Waals surface area contributed by atoms with Gasteiger partial charge in [0, 0.05) is 6.42 Å². The van der Waals surface area contributed by atoms with Crippen molar-refractivity contribution in [2.75, 3.05) is 13.2 Å². The van der Waals surface area contributed by atoms with Gasteiger partial charge in [-0.05, 0) is 6.42 Å². The standard InChI is InChI=1S/C9H18O6/c1-2-3-8(13)15-5-7(12)9(14)6(11)4-10/h6-7,9-12,14H,2-5H2,1H3. The topological polar surface area (TPSA) is 107 Å². The van der Waals surface area contributed by atoms with E-state index < -0.39 is 37.5 Å². The third kappa shape index (κ3) is 5.68. The summed E-state index contributed by atoms with van der Waals surface area (Å²) in [6.07, 6.45) is -3.48. The number of carbonyl (C=O) groups is 1. The van der Waals surface area contributed by atoms with E-state index >= 15 is 0 Å². The molecule has 3 unspecified atom stereocenters. The Balaban J connectivity index is 3.82. The Morgan fingerprint density at radius 1 is 1.27 bits per heavy atom. The molecule has 0 aromatic heterocycles. The highest BCUT2D eigenvalue weighted by atomic mass is 16.5. The summed E-state index contributed by atoms with van der Waals surface area (Å²) in [6, 6.07) is 0. The van der Waals surface area contributed by atoms with Crippen LogP contribution in [0.4, 0.5) is 0 Å². The SMILES string of the molecule is CCCC(=O)OCC(O)C(O)C(O)CO. The van der Waals surface area contributed by atoms with Gasteiger partial charge in [-0.15, -0.1) is 0 Å². The van der Waals surface area contributed by atoms with Crippen LogP contribution in [0.25, 0.3) is 0 Å². The number of aliphatic hydroxyl groups is 4. The molecule has 0 rings (SSSR count). The summed E-state index contributed by atoms with van der Waals surface area (Å²) in [5.74, 6) is -0.470. The highest BCUT2D eigenvalue weighted by Gasteiger charge is 2.24. The van der Waals surface area contributed by atoms with Crippen molar-refractivity contribution in [2.45, 2.75) is 38.1 Å². The quantitative estimate of drug-likeness (QED) is 0.387. The molecule has 0 heterocycles. The van der Waals surface area contributed by atoms with Crippen LogP contribution in [-0.2, 0) is 9.53 Å². The minimum absolute atomic E-state index is 0.241. The first-order valence-corrected chi connectivity index (χ1v) is 4.83. The molecule has 3 atom stereocenters. The molecular weight excluding hydrogens is 204 g/mol. The number of carbonyl (C=O) groups excluding carboxylic acids is 1. The van der Waals surface area contributed by atoms with Gasteiger partial charge in [-0.3, -0.25) is 4.79 Å². The van der Waals surface area contributed by atoms with Crippen molar-refractivity contribution in [3.8, 4) is 0 Å². The second-order valence-corrected chi connectivity index (χ2v) is 3.24. The van der Waals surface area contributed by atoms with E-state index in [0.717, 1.165) is 0 Å². The number of ether oxygens (including phenoxy) is 1. The normalized spacial score (nSPS) is 16.9. The molecule has 0 aromatic carbocycles. The zero-order chi connectivity index (χ0) is 11.8. The predicted molar refractivity (Wildman–Crippen MR) is 51.0 cm³/mol. The summed E-state index contributed by atoms with van der Waals surface area (Å²) < 4.78 is 4.62. The zero-order valence-electron chi connectivity index (χ0n) is 8.67. The Hall–Kier alpha value is -0.690. The molecule has 15 heavy (non-hydrogen) atoms. The molecule has 0 aliphatic heterocycles. The van der Waals surface area contributed by atoms with E-state index in [2.05, 4.69) is 4.74 Å². The number of aliphatic hydroxyl groups excluding tert-OH is 4. The van der Waals surface area contributed by atoms with Gasteiger partial charge < -0.3 is 25.2 Å². The molecule has 0 saturated carbocycles. The van der Waals surface area contributed by atoms with E-state index in [4.69, 9.17) is 10.2 Å². The van der Waals surface area contributed by atoms with E-state index in [-0.39, 0.29) is 6.42 Å². The Morgan fingerprint density at radius 3 is 2.33 bits per heavy atom. The number of hydrogen-bond donors (Lipinski definition) is 4. The average Bonchev–Trinajstić information content (AvgIpc) is 2.24. The van der Waals surface area contributed by atoms with Gasteiger partial charge in [0.2, 0.25) is 0 Å². The molecule has 0 aromatic rings. The summed E-state index contributed by atoms with van der Waals surface area (Å²) in [5.41, 5.74) is 0. The van der Waals surface area contributed by atoms with Gasteiger partial charge in [-0.25, -0.2) is 0 Å². The van der Waals surface area contributed by atoms with Crippen LogP contribution in [0.15, 0.2) is 0 Å². The number of esters is 1. The van der Waals surface area contributed by atoms with Crippen molar-refractivity contribution < 1.29 is 30.0 Å². The van der Waals surface area contributed by atoms with E-state index in [9.17, 15) is 15.0 Å². The monoisotopic (exact) mass is 222 g/mol. The molecule has 0 spiro atoms. The van der Waals surface area contributed by atoms with Crippen LogP contribution < -0.4 is 0 Å². The Morgan fingerprint density at radius 2 is 1.87 bits per heavy atom. The summed E-state index contributed by atoms with van der Waals surface area (Å²) in [5, 5.41) is 35.9. The van der Waals surface area contributed by atoms with Crippen molar-refractivity contribution in [3.05, 3.63) is 0 Å². The maximum Gasteiger partial charge on any atom is 0.305 e. The zero-order valence-corrected chi connectivity index (χ0v) is 8.67. The van der Waals surface area contributed by atoms with Crippen molar-refractivity contribution >= 4 is 5.97 Å². The summed E-state index contributed by atoms with van der Waals surface area (Å²) in [7, 11) is 0. The Kier molecular flexibility index (Phi) is 7.23. The predicted octanol–water partition coefficient (Wildman–Crippen LogP) is -1.60. The lowest BCUT2D eigenvalue weighted by molar-refractivity contribution is -0.152. The van der Waals surface area contributed by atoms with Crippen LogP contribution in [0.1, 0.15) is 19.8 Å². The van der Waals surface area contributed by atoms with Gasteiger partial charge in [0.1, 0.15) is 24.9 Å². The molecule has 6 nitrogen and oxygen atoms in total. The van der Waals surface area contributed by atoms with E-state index in [1.807, 2.05) is 6.92 Å². The van der Waals surface area contributed by atoms with Crippen LogP contribution in [0.3, 0.4) is 0 Å². The Labute approximate surface area is 88.1 Å². The average molecular weight is 222 g/mol. The van der Waals surface area contributed by atoms with E-state index in [0.29, 0.717) is 6.42 Å². The van der Waals surface area contributed by atoms with Gasteiger partial charge in [0.15, 0.2) is 0 Å². The second kappa shape index (κ2) is 7.58. The van der Waals surface area contributed by atoms with Crippen molar-refractivity contribution in [1.29, 1.82) is 0 Å². The van der Waals surface area contributed by atoms with Gasteiger partial charge in [-0.2, -0.15) is 0 Å². The molecule has 0 amide bonds. The van der Waals surface area contributed by atoms with E-state index in [1.165, 1.54) is 0 Å². The van der Waals surface area contributed by atoms with E-state index in [1.54, 1.807) is 0 Å². The molecule has 90 valence electrons. The van der Waals surface area contributed by atoms with Crippen molar-refractivity contribution in [2.24, 2.45) is 0 Å². The van der Waals surface area contributed by atoms with Crippen molar-refractivity contribution in [3.63, 3.8) is 0 Å². The first-order chi connectivity index (χ1) is 7.02. The molecule has 0 fully saturated rings. The first-order valence-electron chi connectivity index (χ1n) is 4.83. The number of rotatable bonds is 7. The summed E-state index contributed by atoms with van der Waals surface area (Å²) >= 11 is 0. The fraction of sp³-hybridized carbons (Fsp3) is 0.889. The maximum absolute atomic E-state index is 10.9. The Bertz CT molecular complexity index is 183. The van der Waals surface area contributed by atoms with Crippen LogP contribution in [-0.4, -0.2) is 57.9 Å². The molecule has 0 aliphatic rings. The molecule has 4 N–H and O–H groups in total. The van der Waals surface area contributed by atoms with Crippen LogP contribution in [0.5, 0.6) is 0 Å². The first kappa shape index (κ1) is 14.3. The van der Waals surface area contributed by atoms with Gasteiger partial charge >= 0.3 is 5.97 Å². The fourth-order valence-electron chi connectivity index (χ4n) is 0.918. The smallest absolute Gasteiger partial charge is 0.305 e. The molecule has 0 radical (unpaired) electrons. The van der Waals surface area contributed by atoms with Gasteiger partial charge in [-0.1, -0.05) is 6.92 Å². The number of hydrogen-bond acceptors (Lipinski definition) is 6. The maximum atomic E-state index is 10.9. The van der Waals surface area contributed by atoms with Crippen LogP contribution >= 0.6 is 0 Å². The molecule has 0 bridgehead atoms. The third-order valence-corrected chi connectivity index (χ3v) is 1.84. The lowest BCUT2D eigenvalue weighted by atomic mass is 10.1. The second-order valence-electron chi connectivity index (χ2n) is 3.24. The third-order valence-electron chi connectivity index (χ3n) is 1.84.